The molecule has 0 saturated carbocycles. The van der Waals surface area contributed by atoms with Crippen molar-refractivity contribution in [3.8, 4) is 6.07 Å². The molecule has 0 bridgehead atoms. The molecular weight excluding hydrogens is 170 g/mol. The van der Waals surface area contributed by atoms with Crippen LogP contribution in [0.3, 0.4) is 0 Å². The molecule has 0 fully saturated rings. The number of nitriles is 1. The van der Waals surface area contributed by atoms with E-state index in [1.54, 1.807) is 0 Å². The average Bonchev–Trinajstić information content (AvgIpc) is 2.18. The van der Waals surface area contributed by atoms with Gasteiger partial charge in [0, 0.05) is 0 Å². The van der Waals surface area contributed by atoms with Gasteiger partial charge in [0.15, 0.2) is 0 Å². The number of hydrogen-bond acceptors (Lipinski definition) is 1. The molecule has 1 heteroatoms. The molecule has 0 aromatic heterocycles. The van der Waals surface area contributed by atoms with Crippen LogP contribution in [0.1, 0.15) is 30.9 Å². The Balaban J connectivity index is 2.59. The molecule has 0 amide bonds. The molecule has 14 heavy (non-hydrogen) atoms. The second kappa shape index (κ2) is 5.24. The van der Waals surface area contributed by atoms with Crippen LogP contribution in [0, 0.1) is 11.3 Å². The lowest BCUT2D eigenvalue weighted by molar-refractivity contribution is 0.812. The van der Waals surface area contributed by atoms with Crippen molar-refractivity contribution < 1.29 is 0 Å². The number of benzene rings is 1. The van der Waals surface area contributed by atoms with E-state index in [0.29, 0.717) is 0 Å². The van der Waals surface area contributed by atoms with E-state index in [1.165, 1.54) is 5.57 Å². The highest BCUT2D eigenvalue weighted by atomic mass is 14.2. The van der Waals surface area contributed by atoms with Gasteiger partial charge in [-0.2, -0.15) is 5.26 Å². The molecule has 1 aromatic rings. The molecule has 1 nitrogen and oxygen atoms in total. The summed E-state index contributed by atoms with van der Waals surface area (Å²) in [4.78, 5) is 0. The first-order valence-electron chi connectivity index (χ1n) is 4.86. The predicted molar refractivity (Wildman–Crippen MR) is 58.9 cm³/mol. The summed E-state index contributed by atoms with van der Waals surface area (Å²) in [6, 6.07) is 9.99. The number of nitrogens with zero attached hydrogens (tertiary/aromatic N) is 1. The van der Waals surface area contributed by atoms with Crippen LogP contribution in [0.2, 0.25) is 0 Å². The largest absolute Gasteiger partial charge is 0.192 e. The Labute approximate surface area is 85.7 Å². The number of aryl methyl sites for hydroxylation is 1. The van der Waals surface area contributed by atoms with Crippen LogP contribution in [0.4, 0.5) is 0 Å². The van der Waals surface area contributed by atoms with Crippen molar-refractivity contribution in [1.82, 2.24) is 0 Å². The van der Waals surface area contributed by atoms with E-state index in [9.17, 15) is 0 Å². The first kappa shape index (κ1) is 10.5. The van der Waals surface area contributed by atoms with Gasteiger partial charge in [-0.3, -0.25) is 0 Å². The topological polar surface area (TPSA) is 23.8 Å². The Hall–Kier alpha value is -1.55. The average molecular weight is 185 g/mol. The third-order valence-corrected chi connectivity index (χ3v) is 2.19. The molecule has 0 aliphatic carbocycles. The van der Waals surface area contributed by atoms with Crippen molar-refractivity contribution in [3.05, 3.63) is 47.5 Å². The molecule has 0 spiro atoms. The summed E-state index contributed by atoms with van der Waals surface area (Å²) in [5.74, 6) is 0. The Morgan fingerprint density at radius 1 is 1.43 bits per heavy atom. The number of rotatable bonds is 4. The summed E-state index contributed by atoms with van der Waals surface area (Å²) in [6.45, 7) is 5.90. The Kier molecular flexibility index (Phi) is 3.94. The Morgan fingerprint density at radius 2 is 2.14 bits per heavy atom. The zero-order chi connectivity index (χ0) is 10.4. The summed E-state index contributed by atoms with van der Waals surface area (Å²) < 4.78 is 0. The van der Waals surface area contributed by atoms with Gasteiger partial charge in [-0.05, 0) is 37.8 Å². The highest BCUT2D eigenvalue weighted by Crippen LogP contribution is 2.12. The van der Waals surface area contributed by atoms with Crippen molar-refractivity contribution in [1.29, 1.82) is 5.26 Å². The van der Waals surface area contributed by atoms with Gasteiger partial charge in [-0.25, -0.2) is 0 Å². The molecule has 0 unspecified atom stereocenters. The van der Waals surface area contributed by atoms with Crippen molar-refractivity contribution in [2.75, 3.05) is 0 Å². The minimum Gasteiger partial charge on any atom is -0.192 e. The lowest BCUT2D eigenvalue weighted by Gasteiger charge is -2.03. The van der Waals surface area contributed by atoms with E-state index in [4.69, 9.17) is 5.26 Å². The van der Waals surface area contributed by atoms with Gasteiger partial charge in [-0.1, -0.05) is 23.8 Å². The van der Waals surface area contributed by atoms with E-state index in [2.05, 4.69) is 12.6 Å². The first-order chi connectivity index (χ1) is 6.74. The SMILES string of the molecule is C=C(C)CCCc1ccccc1C#N. The van der Waals surface area contributed by atoms with Crippen LogP contribution in [0.5, 0.6) is 0 Å². The maximum Gasteiger partial charge on any atom is 0.0994 e. The fourth-order valence-corrected chi connectivity index (χ4v) is 1.43. The van der Waals surface area contributed by atoms with Crippen LogP contribution in [-0.4, -0.2) is 0 Å². The highest BCUT2D eigenvalue weighted by Gasteiger charge is 1.99. The zero-order valence-electron chi connectivity index (χ0n) is 8.59. The van der Waals surface area contributed by atoms with Crippen molar-refractivity contribution >= 4 is 0 Å². The van der Waals surface area contributed by atoms with Crippen LogP contribution < -0.4 is 0 Å². The third kappa shape index (κ3) is 3.06. The van der Waals surface area contributed by atoms with Crippen LogP contribution >= 0.6 is 0 Å². The maximum atomic E-state index is 8.86. The first-order valence-corrected chi connectivity index (χ1v) is 4.86. The van der Waals surface area contributed by atoms with Gasteiger partial charge in [0.05, 0.1) is 11.6 Å². The van der Waals surface area contributed by atoms with Crippen molar-refractivity contribution in [2.45, 2.75) is 26.2 Å². The van der Waals surface area contributed by atoms with E-state index >= 15 is 0 Å². The minimum atomic E-state index is 0.800. The fraction of sp³-hybridized carbons (Fsp3) is 0.308. The maximum absolute atomic E-state index is 8.86. The Morgan fingerprint density at radius 3 is 2.79 bits per heavy atom. The third-order valence-electron chi connectivity index (χ3n) is 2.19. The molecular formula is C13H15N. The van der Waals surface area contributed by atoms with E-state index < -0.39 is 0 Å². The molecule has 0 N–H and O–H groups in total. The van der Waals surface area contributed by atoms with E-state index in [-0.39, 0.29) is 0 Å². The quantitative estimate of drug-likeness (QED) is 0.659. The Bertz CT molecular complexity index is 358. The minimum absolute atomic E-state index is 0.800. The van der Waals surface area contributed by atoms with Crippen molar-refractivity contribution in [3.63, 3.8) is 0 Å². The highest BCUT2D eigenvalue weighted by molar-refractivity contribution is 5.37. The molecule has 0 heterocycles. The molecule has 0 aliphatic heterocycles. The van der Waals surface area contributed by atoms with Gasteiger partial charge < -0.3 is 0 Å². The van der Waals surface area contributed by atoms with Crippen LogP contribution in [-0.2, 0) is 6.42 Å². The predicted octanol–water partition coefficient (Wildman–Crippen LogP) is 3.46. The van der Waals surface area contributed by atoms with Gasteiger partial charge in [0.25, 0.3) is 0 Å². The monoisotopic (exact) mass is 185 g/mol. The molecule has 0 radical (unpaired) electrons. The fourth-order valence-electron chi connectivity index (χ4n) is 1.43. The summed E-state index contributed by atoms with van der Waals surface area (Å²) in [5, 5.41) is 8.86. The van der Waals surface area contributed by atoms with E-state index in [0.717, 1.165) is 30.4 Å². The molecule has 0 aliphatic rings. The summed E-state index contributed by atoms with van der Waals surface area (Å²) in [6.07, 6.45) is 3.09. The normalized spacial score (nSPS) is 9.43. The summed E-state index contributed by atoms with van der Waals surface area (Å²) in [5.41, 5.74) is 3.16. The number of allylic oxidation sites excluding steroid dienone is 1. The van der Waals surface area contributed by atoms with Gasteiger partial charge >= 0.3 is 0 Å². The second-order valence-corrected chi connectivity index (χ2v) is 3.58. The van der Waals surface area contributed by atoms with Crippen LogP contribution in [0.15, 0.2) is 36.4 Å². The molecule has 1 aromatic carbocycles. The number of hydrogen-bond donors (Lipinski definition) is 0. The van der Waals surface area contributed by atoms with Crippen LogP contribution in [0.25, 0.3) is 0 Å². The van der Waals surface area contributed by atoms with Gasteiger partial charge in [0.1, 0.15) is 0 Å². The van der Waals surface area contributed by atoms with Gasteiger partial charge in [0.2, 0.25) is 0 Å². The smallest absolute Gasteiger partial charge is 0.0994 e. The molecule has 72 valence electrons. The lowest BCUT2D eigenvalue weighted by atomic mass is 10.0. The summed E-state index contributed by atoms with van der Waals surface area (Å²) >= 11 is 0. The van der Waals surface area contributed by atoms with Crippen molar-refractivity contribution in [2.24, 2.45) is 0 Å². The molecule has 0 saturated heterocycles. The van der Waals surface area contributed by atoms with E-state index in [1.807, 2.05) is 31.2 Å². The standard InChI is InChI=1S/C13H15N/c1-11(2)6-5-9-12-7-3-4-8-13(12)10-14/h3-4,7-8H,1,5-6,9H2,2H3. The molecule has 0 atom stereocenters. The second-order valence-electron chi connectivity index (χ2n) is 3.58. The zero-order valence-corrected chi connectivity index (χ0v) is 8.59. The summed E-state index contributed by atoms with van der Waals surface area (Å²) in [7, 11) is 0. The molecule has 1 rings (SSSR count). The lowest BCUT2D eigenvalue weighted by Crippen LogP contribution is -1.90. The van der Waals surface area contributed by atoms with Gasteiger partial charge in [-0.15, -0.1) is 6.58 Å².